The van der Waals surface area contributed by atoms with Crippen molar-refractivity contribution in [3.63, 3.8) is 0 Å². The molecule has 0 radical (unpaired) electrons. The smallest absolute Gasteiger partial charge is 0.146 e. The van der Waals surface area contributed by atoms with Crippen molar-refractivity contribution in [2.45, 2.75) is 52.4 Å². The van der Waals surface area contributed by atoms with Crippen LogP contribution in [-0.4, -0.2) is 18.4 Å². The highest BCUT2D eigenvalue weighted by molar-refractivity contribution is 6.37. The first kappa shape index (κ1) is 37.3. The van der Waals surface area contributed by atoms with Crippen LogP contribution in [0.25, 0.3) is 136 Å². The van der Waals surface area contributed by atoms with Crippen molar-refractivity contribution in [3.8, 4) is 16.8 Å². The fourth-order valence-corrected chi connectivity index (χ4v) is 12.2. The van der Waals surface area contributed by atoms with E-state index in [0.29, 0.717) is 0 Å². The van der Waals surface area contributed by atoms with E-state index in [1.165, 1.54) is 131 Å². The molecule has 0 atom stereocenters. The third-order valence-corrected chi connectivity index (χ3v) is 15.4. The van der Waals surface area contributed by atoms with Crippen molar-refractivity contribution in [1.82, 2.24) is 18.4 Å². The second-order valence-corrected chi connectivity index (χ2v) is 21.2. The Morgan fingerprint density at radius 2 is 0.955 bits per heavy atom. The van der Waals surface area contributed by atoms with Gasteiger partial charge in [0.15, 0.2) is 0 Å². The zero-order chi connectivity index (χ0) is 44.8. The number of benzene rings is 9. The van der Waals surface area contributed by atoms with Crippen LogP contribution in [0.15, 0.2) is 170 Å². The summed E-state index contributed by atoms with van der Waals surface area (Å²) in [4.78, 5) is 5.63. The van der Waals surface area contributed by atoms with E-state index in [1.807, 2.05) is 0 Å². The molecule has 67 heavy (non-hydrogen) atoms. The van der Waals surface area contributed by atoms with Gasteiger partial charge in [0.05, 0.1) is 44.8 Å². The maximum Gasteiger partial charge on any atom is 0.146 e. The van der Waals surface area contributed by atoms with Gasteiger partial charge in [-0.2, -0.15) is 0 Å². The molecule has 0 aliphatic rings. The van der Waals surface area contributed by atoms with Crippen LogP contribution in [0.5, 0.6) is 0 Å². The largest absolute Gasteiger partial charge is 0.309 e. The summed E-state index contributed by atoms with van der Waals surface area (Å²) in [6.07, 6.45) is 2.19. The minimum absolute atomic E-state index is 0.0601. The third kappa shape index (κ3) is 4.74. The van der Waals surface area contributed by atoms with Gasteiger partial charge in [-0.1, -0.05) is 145 Å². The second-order valence-electron chi connectivity index (χ2n) is 21.2. The highest BCUT2D eigenvalue weighted by Crippen LogP contribution is 2.51. The predicted octanol–water partition coefficient (Wildman–Crippen LogP) is 17.0. The molecule has 0 amide bonds. The van der Waals surface area contributed by atoms with Gasteiger partial charge in [-0.3, -0.25) is 4.40 Å². The molecule has 0 aliphatic carbocycles. The van der Waals surface area contributed by atoms with Crippen molar-refractivity contribution >= 4 is 120 Å². The molecule has 6 aromatic heterocycles. The molecule has 15 aromatic rings. The number of fused-ring (bicyclic) bond motifs is 19. The minimum atomic E-state index is -0.0877. The van der Waals surface area contributed by atoms with Gasteiger partial charge in [0.1, 0.15) is 5.65 Å². The molecule has 6 heterocycles. The Morgan fingerprint density at radius 1 is 0.373 bits per heavy atom. The third-order valence-electron chi connectivity index (χ3n) is 15.4. The first-order chi connectivity index (χ1) is 32.5. The lowest BCUT2D eigenvalue weighted by molar-refractivity contribution is 0.591. The van der Waals surface area contributed by atoms with Crippen LogP contribution in [0, 0.1) is 0 Å². The molecule has 0 bridgehead atoms. The summed E-state index contributed by atoms with van der Waals surface area (Å²) in [7, 11) is 0. The van der Waals surface area contributed by atoms with Crippen LogP contribution < -0.4 is 0 Å². The fourth-order valence-electron chi connectivity index (χ4n) is 12.2. The molecule has 0 spiro atoms. The van der Waals surface area contributed by atoms with Crippen molar-refractivity contribution in [2.75, 3.05) is 0 Å². The zero-order valence-corrected chi connectivity index (χ0v) is 38.5. The molecule has 0 unspecified atom stereocenters. The number of hydrogen-bond acceptors (Lipinski definition) is 1. The van der Waals surface area contributed by atoms with E-state index in [-0.39, 0.29) is 10.8 Å². The molecule has 4 nitrogen and oxygen atoms in total. The SMILES string of the molecule is CC(C)(C)c1cc2c3cc4ccccc4c(-c4ccc5c(c4)c4ccccc4n5-c4ccccc4)c3n3c4cnc5c(c6cc(C(C)(C)C)cc7c8ccc9ccccc9c8n5c76)c4c(c1)c23. The molecule has 15 rings (SSSR count). The molecule has 0 saturated heterocycles. The normalized spacial score (nSPS) is 13.2. The highest BCUT2D eigenvalue weighted by Gasteiger charge is 2.30. The van der Waals surface area contributed by atoms with Crippen molar-refractivity contribution in [3.05, 3.63) is 181 Å². The van der Waals surface area contributed by atoms with Crippen LogP contribution in [0.2, 0.25) is 0 Å². The quantitative estimate of drug-likeness (QED) is 0.170. The molecule has 0 fully saturated rings. The van der Waals surface area contributed by atoms with Gasteiger partial charge in [-0.25, -0.2) is 4.98 Å². The summed E-state index contributed by atoms with van der Waals surface area (Å²) >= 11 is 0. The topological polar surface area (TPSA) is 26.6 Å². The van der Waals surface area contributed by atoms with Crippen LogP contribution in [0.4, 0.5) is 0 Å². The average molecular weight is 859 g/mol. The van der Waals surface area contributed by atoms with E-state index in [4.69, 9.17) is 4.98 Å². The standard InChI is InChI=1S/C63H46N4/c1-62(2,3)38-30-47-44-26-24-35-16-10-13-21-42(35)57(44)67-59(47)50(33-38)56-55-49-32-39(63(4,5)6)31-48-46-28-36-17-11-12-20-41(36)54(60(46)66(58(48)49)53(55)34-64-61(56)67)37-25-27-52-45(29-37)43-22-14-15-23-51(43)65(52)40-18-8-7-9-19-40/h7-34H,1-6H3. The van der Waals surface area contributed by atoms with E-state index in [2.05, 4.69) is 225 Å². The summed E-state index contributed by atoms with van der Waals surface area (Å²) < 4.78 is 7.51. The Morgan fingerprint density at radius 3 is 1.72 bits per heavy atom. The lowest BCUT2D eigenvalue weighted by Crippen LogP contribution is -2.10. The van der Waals surface area contributed by atoms with Gasteiger partial charge in [0, 0.05) is 70.5 Å². The van der Waals surface area contributed by atoms with E-state index >= 15 is 0 Å². The van der Waals surface area contributed by atoms with Gasteiger partial charge >= 0.3 is 0 Å². The maximum absolute atomic E-state index is 5.63. The monoisotopic (exact) mass is 858 g/mol. The number of hydrogen-bond donors (Lipinski definition) is 0. The first-order valence-electron chi connectivity index (χ1n) is 23.7. The second kappa shape index (κ2) is 12.5. The molecule has 0 aliphatic heterocycles. The molecule has 0 saturated carbocycles. The number of aromatic nitrogens is 4. The summed E-state index contributed by atoms with van der Waals surface area (Å²) in [5.74, 6) is 0. The molecule has 0 N–H and O–H groups in total. The van der Waals surface area contributed by atoms with Gasteiger partial charge in [0.2, 0.25) is 0 Å². The lowest BCUT2D eigenvalue weighted by atomic mass is 9.84. The summed E-state index contributed by atoms with van der Waals surface area (Å²) in [5.41, 5.74) is 15.7. The van der Waals surface area contributed by atoms with Crippen molar-refractivity contribution < 1.29 is 0 Å². The number of pyridine rings is 1. The van der Waals surface area contributed by atoms with E-state index in [9.17, 15) is 0 Å². The molecule has 9 aromatic carbocycles. The molecule has 318 valence electrons. The molecular weight excluding hydrogens is 813 g/mol. The Labute approximate surface area is 386 Å². The zero-order valence-electron chi connectivity index (χ0n) is 38.5. The van der Waals surface area contributed by atoms with E-state index < -0.39 is 0 Å². The Hall–Kier alpha value is -7.95. The van der Waals surface area contributed by atoms with Crippen molar-refractivity contribution in [2.24, 2.45) is 0 Å². The minimum Gasteiger partial charge on any atom is -0.309 e. The fraction of sp³-hybridized carbons (Fsp3) is 0.127. The maximum atomic E-state index is 5.63. The average Bonchev–Trinajstić information content (AvgIpc) is 4.12. The number of nitrogens with zero attached hydrogens (tertiary/aromatic N) is 4. The highest BCUT2D eigenvalue weighted by atomic mass is 15.0. The predicted molar refractivity (Wildman–Crippen MR) is 286 cm³/mol. The number of para-hydroxylation sites is 2. The van der Waals surface area contributed by atoms with Crippen LogP contribution in [0.3, 0.4) is 0 Å². The van der Waals surface area contributed by atoms with Crippen LogP contribution in [0.1, 0.15) is 52.7 Å². The summed E-state index contributed by atoms with van der Waals surface area (Å²) in [5, 5.41) is 17.7. The van der Waals surface area contributed by atoms with Crippen LogP contribution in [-0.2, 0) is 10.8 Å². The van der Waals surface area contributed by atoms with E-state index in [1.54, 1.807) is 0 Å². The van der Waals surface area contributed by atoms with Gasteiger partial charge in [0.25, 0.3) is 0 Å². The van der Waals surface area contributed by atoms with Gasteiger partial charge in [-0.05, 0) is 104 Å². The molecular formula is C63H46N4. The Balaban J connectivity index is 1.15. The lowest BCUT2D eigenvalue weighted by Gasteiger charge is -2.20. The first-order valence-corrected chi connectivity index (χ1v) is 23.7. The van der Waals surface area contributed by atoms with Crippen molar-refractivity contribution in [1.29, 1.82) is 0 Å². The summed E-state index contributed by atoms with van der Waals surface area (Å²) in [6, 6.07) is 61.7. The van der Waals surface area contributed by atoms with Gasteiger partial charge in [-0.15, -0.1) is 0 Å². The molecule has 4 heteroatoms. The summed E-state index contributed by atoms with van der Waals surface area (Å²) in [6.45, 7) is 14.1. The Bertz CT molecular complexity index is 4620. The number of rotatable bonds is 2. The van der Waals surface area contributed by atoms with E-state index in [0.717, 1.165) is 16.9 Å². The van der Waals surface area contributed by atoms with Crippen LogP contribution >= 0.6 is 0 Å². The van der Waals surface area contributed by atoms with Gasteiger partial charge < -0.3 is 8.97 Å². The Kier molecular flexibility index (Phi) is 6.94.